The molecule has 1 rings (SSSR count). The molecule has 7 heteroatoms. The van der Waals surface area contributed by atoms with Crippen LogP contribution in [0.5, 0.6) is 5.75 Å². The summed E-state index contributed by atoms with van der Waals surface area (Å²) in [5.41, 5.74) is 0.702. The molecular formula is C10H8F6O. The van der Waals surface area contributed by atoms with Crippen molar-refractivity contribution in [2.45, 2.75) is 25.4 Å². The topological polar surface area (TPSA) is 9.23 Å². The fraction of sp³-hybridized carbons (Fsp3) is 0.400. The minimum atomic E-state index is -5.50. The van der Waals surface area contributed by atoms with E-state index >= 15 is 0 Å². The van der Waals surface area contributed by atoms with Crippen molar-refractivity contribution < 1.29 is 31.1 Å². The monoisotopic (exact) mass is 258 g/mol. The van der Waals surface area contributed by atoms with Gasteiger partial charge >= 0.3 is 12.4 Å². The van der Waals surface area contributed by atoms with E-state index in [9.17, 15) is 26.3 Å². The Morgan fingerprint density at radius 1 is 0.882 bits per heavy atom. The minimum Gasteiger partial charge on any atom is -0.471 e. The lowest BCUT2D eigenvalue weighted by Crippen LogP contribution is -2.46. The molecule has 0 radical (unpaired) electrons. The number of hydrogen-bond donors (Lipinski definition) is 0. The second-order valence-electron chi connectivity index (χ2n) is 3.39. The van der Waals surface area contributed by atoms with E-state index in [1.165, 1.54) is 12.1 Å². The van der Waals surface area contributed by atoms with Crippen LogP contribution in [-0.4, -0.2) is 18.5 Å². The third-order valence-electron chi connectivity index (χ3n) is 1.87. The van der Waals surface area contributed by atoms with Crippen LogP contribution >= 0.6 is 0 Å². The lowest BCUT2D eigenvalue weighted by atomic mass is 10.2. The van der Waals surface area contributed by atoms with Gasteiger partial charge in [0.2, 0.25) is 0 Å². The van der Waals surface area contributed by atoms with Crippen LogP contribution in [0, 0.1) is 6.92 Å². The second kappa shape index (κ2) is 4.46. The summed E-state index contributed by atoms with van der Waals surface area (Å²) in [6, 6.07) is 4.83. The highest BCUT2D eigenvalue weighted by Gasteiger charge is 2.59. The molecule has 0 N–H and O–H groups in total. The standard InChI is InChI=1S/C10H8F6O/c1-6-2-4-7(5-3-6)17-8(9(11,12)13)10(14,15)16/h2-5,8H,1H3. The predicted octanol–water partition coefficient (Wildman–Crippen LogP) is 3.87. The average Bonchev–Trinajstić information content (AvgIpc) is 2.13. The van der Waals surface area contributed by atoms with Gasteiger partial charge in [-0.05, 0) is 19.1 Å². The van der Waals surface area contributed by atoms with Gasteiger partial charge in [0.25, 0.3) is 6.10 Å². The van der Waals surface area contributed by atoms with E-state index in [2.05, 4.69) is 4.74 Å². The Bertz CT molecular complexity index is 350. The molecule has 96 valence electrons. The predicted molar refractivity (Wildman–Crippen MR) is 47.7 cm³/mol. The van der Waals surface area contributed by atoms with Crippen molar-refractivity contribution in [1.82, 2.24) is 0 Å². The first-order valence-corrected chi connectivity index (χ1v) is 4.47. The molecule has 0 aromatic heterocycles. The maximum absolute atomic E-state index is 12.1. The highest BCUT2D eigenvalue weighted by molar-refractivity contribution is 5.26. The number of aryl methyl sites for hydroxylation is 1. The van der Waals surface area contributed by atoms with Crippen LogP contribution in [0.25, 0.3) is 0 Å². The Morgan fingerprint density at radius 2 is 1.29 bits per heavy atom. The Kier molecular flexibility index (Phi) is 3.59. The van der Waals surface area contributed by atoms with Crippen molar-refractivity contribution in [2.24, 2.45) is 0 Å². The summed E-state index contributed by atoms with van der Waals surface area (Å²) in [5, 5.41) is 0. The molecule has 0 fully saturated rings. The molecule has 0 aliphatic rings. The van der Waals surface area contributed by atoms with E-state index in [1.807, 2.05) is 0 Å². The van der Waals surface area contributed by atoms with Crippen LogP contribution in [0.3, 0.4) is 0 Å². The van der Waals surface area contributed by atoms with Crippen LogP contribution in [0.2, 0.25) is 0 Å². The first-order valence-electron chi connectivity index (χ1n) is 4.47. The van der Waals surface area contributed by atoms with Gasteiger partial charge in [-0.1, -0.05) is 17.7 Å². The fourth-order valence-electron chi connectivity index (χ4n) is 1.07. The molecule has 0 unspecified atom stereocenters. The van der Waals surface area contributed by atoms with Crippen LogP contribution in [0.1, 0.15) is 5.56 Å². The van der Waals surface area contributed by atoms with Crippen molar-refractivity contribution in [1.29, 1.82) is 0 Å². The number of alkyl halides is 6. The van der Waals surface area contributed by atoms with Gasteiger partial charge in [0, 0.05) is 0 Å². The van der Waals surface area contributed by atoms with Gasteiger partial charge in [0.1, 0.15) is 5.75 Å². The average molecular weight is 258 g/mol. The molecule has 17 heavy (non-hydrogen) atoms. The molecule has 0 aliphatic heterocycles. The molecule has 0 spiro atoms. The highest BCUT2D eigenvalue weighted by atomic mass is 19.4. The first kappa shape index (κ1) is 13.7. The van der Waals surface area contributed by atoms with Gasteiger partial charge in [-0.25, -0.2) is 0 Å². The molecule has 0 bridgehead atoms. The summed E-state index contributed by atoms with van der Waals surface area (Å²) in [6.45, 7) is 1.65. The molecule has 0 atom stereocenters. The third kappa shape index (κ3) is 3.83. The Balaban J connectivity index is 2.92. The van der Waals surface area contributed by atoms with Crippen LogP contribution in [-0.2, 0) is 0 Å². The SMILES string of the molecule is Cc1ccc(OC(C(F)(F)F)C(F)(F)F)cc1. The second-order valence-corrected chi connectivity index (χ2v) is 3.39. The van der Waals surface area contributed by atoms with Crippen molar-refractivity contribution in [3.63, 3.8) is 0 Å². The van der Waals surface area contributed by atoms with Gasteiger partial charge in [0.15, 0.2) is 0 Å². The summed E-state index contributed by atoms with van der Waals surface area (Å²) >= 11 is 0. The van der Waals surface area contributed by atoms with Crippen molar-refractivity contribution >= 4 is 0 Å². The van der Waals surface area contributed by atoms with Crippen LogP contribution in [0.15, 0.2) is 24.3 Å². The number of halogens is 6. The summed E-state index contributed by atoms with van der Waals surface area (Å²) in [6.07, 6.45) is -14.8. The van der Waals surface area contributed by atoms with E-state index in [1.54, 1.807) is 6.92 Å². The van der Waals surface area contributed by atoms with Crippen molar-refractivity contribution in [3.8, 4) is 5.75 Å². The molecule has 0 aliphatic carbocycles. The van der Waals surface area contributed by atoms with Crippen molar-refractivity contribution in [2.75, 3.05) is 0 Å². The van der Waals surface area contributed by atoms with E-state index in [0.717, 1.165) is 12.1 Å². The third-order valence-corrected chi connectivity index (χ3v) is 1.87. The normalized spacial score (nSPS) is 12.9. The van der Waals surface area contributed by atoms with Crippen LogP contribution < -0.4 is 4.74 Å². The van der Waals surface area contributed by atoms with E-state index in [-0.39, 0.29) is 0 Å². The molecule has 1 nitrogen and oxygen atoms in total. The van der Waals surface area contributed by atoms with Crippen LogP contribution in [0.4, 0.5) is 26.3 Å². The fourth-order valence-corrected chi connectivity index (χ4v) is 1.07. The molecule has 0 saturated heterocycles. The summed E-state index contributed by atoms with van der Waals surface area (Å²) in [5.74, 6) is -0.477. The molecular weight excluding hydrogens is 250 g/mol. The smallest absolute Gasteiger partial charge is 0.434 e. The number of benzene rings is 1. The lowest BCUT2D eigenvalue weighted by molar-refractivity contribution is -0.299. The number of hydrogen-bond acceptors (Lipinski definition) is 1. The maximum Gasteiger partial charge on any atom is 0.434 e. The highest BCUT2D eigenvalue weighted by Crippen LogP contribution is 2.36. The van der Waals surface area contributed by atoms with Gasteiger partial charge in [-0.2, -0.15) is 26.3 Å². The quantitative estimate of drug-likeness (QED) is 0.732. The Morgan fingerprint density at radius 3 is 1.65 bits per heavy atom. The minimum absolute atomic E-state index is 0.477. The molecule has 1 aromatic rings. The lowest BCUT2D eigenvalue weighted by Gasteiger charge is -2.23. The van der Waals surface area contributed by atoms with Gasteiger partial charge in [-0.3, -0.25) is 0 Å². The Hall–Kier alpha value is -1.40. The first-order chi connectivity index (χ1) is 7.60. The molecule has 1 aromatic carbocycles. The zero-order valence-corrected chi connectivity index (χ0v) is 8.56. The zero-order chi connectivity index (χ0) is 13.3. The Labute approximate surface area is 93.0 Å². The summed E-state index contributed by atoms with van der Waals surface area (Å²) in [4.78, 5) is 0. The molecule has 0 amide bonds. The molecule has 0 heterocycles. The molecule has 0 saturated carbocycles. The van der Waals surface area contributed by atoms with E-state index in [0.29, 0.717) is 5.56 Å². The maximum atomic E-state index is 12.1. The summed E-state index contributed by atoms with van der Waals surface area (Å²) < 4.78 is 76.8. The van der Waals surface area contributed by atoms with Crippen molar-refractivity contribution in [3.05, 3.63) is 29.8 Å². The largest absolute Gasteiger partial charge is 0.471 e. The zero-order valence-electron chi connectivity index (χ0n) is 8.56. The number of rotatable bonds is 2. The van der Waals surface area contributed by atoms with Gasteiger partial charge in [0.05, 0.1) is 0 Å². The van der Waals surface area contributed by atoms with E-state index < -0.39 is 24.2 Å². The van der Waals surface area contributed by atoms with Gasteiger partial charge in [-0.15, -0.1) is 0 Å². The van der Waals surface area contributed by atoms with E-state index in [4.69, 9.17) is 0 Å². The summed E-state index contributed by atoms with van der Waals surface area (Å²) in [7, 11) is 0. The number of ether oxygens (including phenoxy) is 1. The van der Waals surface area contributed by atoms with Gasteiger partial charge < -0.3 is 4.74 Å².